The van der Waals surface area contributed by atoms with Crippen molar-refractivity contribution in [3.8, 4) is 11.1 Å². The average molecular weight is 390 g/mol. The average Bonchev–Trinajstić information content (AvgIpc) is 2.67. The van der Waals surface area contributed by atoms with E-state index in [1.807, 2.05) is 81.4 Å². The molecule has 1 atom stereocenters. The van der Waals surface area contributed by atoms with Crippen LogP contribution in [-0.2, 0) is 11.2 Å². The van der Waals surface area contributed by atoms with Gasteiger partial charge in [-0.1, -0.05) is 42.5 Å². The summed E-state index contributed by atoms with van der Waals surface area (Å²) in [5.74, 6) is 0. The van der Waals surface area contributed by atoms with E-state index in [1.54, 1.807) is 6.20 Å². The Kier molecular flexibility index (Phi) is 6.12. The standard InChI is InChI=1S/C23H26N4O2/c1-23(2,3)29-22(28)26-20(13-16-7-5-4-6-8-16)21-14-18(15-25-27-21)17-9-11-19(24)12-10-17/h4-12,14-15,20H,13,24H2,1-3H3,(H,26,28). The van der Waals surface area contributed by atoms with Crippen LogP contribution in [0.1, 0.15) is 38.1 Å². The number of nitrogens with one attached hydrogen (secondary N) is 1. The smallest absolute Gasteiger partial charge is 0.408 e. The Hall–Kier alpha value is -3.41. The molecule has 6 heteroatoms. The maximum atomic E-state index is 12.4. The maximum absolute atomic E-state index is 12.4. The van der Waals surface area contributed by atoms with E-state index in [0.717, 1.165) is 16.7 Å². The SMILES string of the molecule is CC(C)(C)OC(=O)NC(Cc1ccccc1)c1cc(-c2ccc(N)cc2)cnn1. The molecule has 1 amide bonds. The Morgan fingerprint density at radius 2 is 1.76 bits per heavy atom. The molecule has 2 aromatic carbocycles. The molecule has 3 aromatic rings. The molecule has 6 nitrogen and oxygen atoms in total. The molecule has 29 heavy (non-hydrogen) atoms. The van der Waals surface area contributed by atoms with Crippen molar-refractivity contribution in [2.24, 2.45) is 0 Å². The molecule has 1 aromatic heterocycles. The van der Waals surface area contributed by atoms with Crippen LogP contribution in [0.3, 0.4) is 0 Å². The van der Waals surface area contributed by atoms with Crippen LogP contribution in [0.15, 0.2) is 66.9 Å². The number of nitrogens with zero attached hydrogens (tertiary/aromatic N) is 2. The van der Waals surface area contributed by atoms with E-state index in [1.165, 1.54) is 0 Å². The van der Waals surface area contributed by atoms with Gasteiger partial charge in [-0.25, -0.2) is 4.79 Å². The van der Waals surface area contributed by atoms with Crippen LogP contribution in [0.25, 0.3) is 11.1 Å². The minimum absolute atomic E-state index is 0.381. The molecule has 3 N–H and O–H groups in total. The fourth-order valence-corrected chi connectivity index (χ4v) is 2.92. The Morgan fingerprint density at radius 3 is 2.41 bits per heavy atom. The number of hydrogen-bond donors (Lipinski definition) is 2. The van der Waals surface area contributed by atoms with Crippen molar-refractivity contribution in [1.29, 1.82) is 0 Å². The Balaban J connectivity index is 1.89. The lowest BCUT2D eigenvalue weighted by Gasteiger charge is -2.23. The molecule has 0 aliphatic carbocycles. The summed E-state index contributed by atoms with van der Waals surface area (Å²) in [4.78, 5) is 12.4. The summed E-state index contributed by atoms with van der Waals surface area (Å²) in [6.07, 6.45) is 1.78. The number of carbonyl (C=O) groups excluding carboxylic acids is 1. The van der Waals surface area contributed by atoms with E-state index in [2.05, 4.69) is 15.5 Å². The van der Waals surface area contributed by atoms with E-state index in [9.17, 15) is 4.79 Å². The third-order valence-electron chi connectivity index (χ3n) is 4.25. The number of aromatic nitrogens is 2. The lowest BCUT2D eigenvalue weighted by atomic mass is 10.0. The van der Waals surface area contributed by atoms with Gasteiger partial charge in [-0.3, -0.25) is 0 Å². The molecular formula is C23H26N4O2. The second-order valence-corrected chi connectivity index (χ2v) is 7.88. The van der Waals surface area contributed by atoms with Crippen molar-refractivity contribution >= 4 is 11.8 Å². The first kappa shape index (κ1) is 20.3. The Morgan fingerprint density at radius 1 is 1.07 bits per heavy atom. The minimum Gasteiger partial charge on any atom is -0.444 e. The summed E-state index contributed by atoms with van der Waals surface area (Å²) < 4.78 is 5.44. The number of hydrogen-bond acceptors (Lipinski definition) is 5. The molecule has 1 heterocycles. The molecule has 150 valence electrons. The van der Waals surface area contributed by atoms with Gasteiger partial charge in [-0.05, 0) is 56.5 Å². The van der Waals surface area contributed by atoms with Crippen LogP contribution in [0.4, 0.5) is 10.5 Å². The van der Waals surface area contributed by atoms with Gasteiger partial charge in [-0.15, -0.1) is 0 Å². The van der Waals surface area contributed by atoms with E-state index < -0.39 is 11.7 Å². The molecule has 1 unspecified atom stereocenters. The zero-order chi connectivity index (χ0) is 20.9. The molecule has 0 fully saturated rings. The van der Waals surface area contributed by atoms with Crippen molar-refractivity contribution < 1.29 is 9.53 Å². The van der Waals surface area contributed by atoms with Gasteiger partial charge in [-0.2, -0.15) is 10.2 Å². The lowest BCUT2D eigenvalue weighted by Crippen LogP contribution is -2.36. The highest BCUT2D eigenvalue weighted by molar-refractivity contribution is 5.69. The first-order valence-corrected chi connectivity index (χ1v) is 9.52. The minimum atomic E-state index is -0.584. The number of benzene rings is 2. The summed E-state index contributed by atoms with van der Waals surface area (Å²) >= 11 is 0. The van der Waals surface area contributed by atoms with Gasteiger partial charge in [0.1, 0.15) is 5.60 Å². The van der Waals surface area contributed by atoms with Crippen LogP contribution >= 0.6 is 0 Å². The highest BCUT2D eigenvalue weighted by atomic mass is 16.6. The molecular weight excluding hydrogens is 364 g/mol. The molecule has 3 rings (SSSR count). The summed E-state index contributed by atoms with van der Waals surface area (Å²) in [6.45, 7) is 5.50. The molecule has 0 radical (unpaired) electrons. The maximum Gasteiger partial charge on any atom is 0.408 e. The summed E-state index contributed by atoms with van der Waals surface area (Å²) in [5.41, 5.74) is 9.52. The van der Waals surface area contributed by atoms with E-state index in [0.29, 0.717) is 17.8 Å². The number of nitrogen functional groups attached to an aromatic ring is 1. The van der Waals surface area contributed by atoms with Gasteiger partial charge in [0.25, 0.3) is 0 Å². The van der Waals surface area contributed by atoms with Crippen LogP contribution in [0.2, 0.25) is 0 Å². The zero-order valence-electron chi connectivity index (χ0n) is 16.9. The van der Waals surface area contributed by atoms with Crippen molar-refractivity contribution in [3.05, 3.63) is 78.1 Å². The van der Waals surface area contributed by atoms with Crippen LogP contribution in [0.5, 0.6) is 0 Å². The lowest BCUT2D eigenvalue weighted by molar-refractivity contribution is 0.0502. The van der Waals surface area contributed by atoms with E-state index in [4.69, 9.17) is 10.5 Å². The molecule has 0 aliphatic heterocycles. The number of ether oxygens (including phenoxy) is 1. The van der Waals surface area contributed by atoms with E-state index >= 15 is 0 Å². The van der Waals surface area contributed by atoms with Crippen LogP contribution in [0, 0.1) is 0 Å². The number of alkyl carbamates (subject to hydrolysis) is 1. The Bertz CT molecular complexity index is 951. The molecule has 0 saturated heterocycles. The zero-order valence-corrected chi connectivity index (χ0v) is 16.9. The van der Waals surface area contributed by atoms with Gasteiger partial charge in [0.15, 0.2) is 0 Å². The van der Waals surface area contributed by atoms with Gasteiger partial charge < -0.3 is 15.8 Å². The highest BCUT2D eigenvalue weighted by Crippen LogP contribution is 2.24. The second kappa shape index (κ2) is 8.73. The van der Waals surface area contributed by atoms with Crippen LogP contribution < -0.4 is 11.1 Å². The quantitative estimate of drug-likeness (QED) is 0.625. The van der Waals surface area contributed by atoms with Gasteiger partial charge in [0, 0.05) is 11.3 Å². The molecule has 0 spiro atoms. The van der Waals surface area contributed by atoms with Crippen LogP contribution in [-0.4, -0.2) is 21.9 Å². The van der Waals surface area contributed by atoms with E-state index in [-0.39, 0.29) is 6.04 Å². The van der Waals surface area contributed by atoms with Crippen molar-refractivity contribution in [1.82, 2.24) is 15.5 Å². The predicted octanol–water partition coefficient (Wildman–Crippen LogP) is 4.53. The monoisotopic (exact) mass is 390 g/mol. The first-order valence-electron chi connectivity index (χ1n) is 9.52. The van der Waals surface area contributed by atoms with Gasteiger partial charge in [0.05, 0.1) is 17.9 Å². The summed E-state index contributed by atoms with van der Waals surface area (Å²) in [6, 6.07) is 19.0. The van der Waals surface area contributed by atoms with Crippen molar-refractivity contribution in [2.45, 2.75) is 38.8 Å². The fraction of sp³-hybridized carbons (Fsp3) is 0.261. The fourth-order valence-electron chi connectivity index (χ4n) is 2.92. The number of anilines is 1. The number of nitrogens with two attached hydrogens (primary N) is 1. The third-order valence-corrected chi connectivity index (χ3v) is 4.25. The number of rotatable bonds is 5. The predicted molar refractivity (Wildman–Crippen MR) is 114 cm³/mol. The summed E-state index contributed by atoms with van der Waals surface area (Å²) in [7, 11) is 0. The van der Waals surface area contributed by atoms with Gasteiger partial charge >= 0.3 is 6.09 Å². The third kappa shape index (κ3) is 6.04. The Labute approximate surface area is 171 Å². The highest BCUT2D eigenvalue weighted by Gasteiger charge is 2.22. The molecule has 0 bridgehead atoms. The first-order chi connectivity index (χ1) is 13.8. The van der Waals surface area contributed by atoms with Crippen molar-refractivity contribution in [3.63, 3.8) is 0 Å². The second-order valence-electron chi connectivity index (χ2n) is 7.88. The number of carbonyl (C=O) groups is 1. The van der Waals surface area contributed by atoms with Crippen molar-refractivity contribution in [2.75, 3.05) is 5.73 Å². The topological polar surface area (TPSA) is 90.1 Å². The van der Waals surface area contributed by atoms with Gasteiger partial charge in [0.2, 0.25) is 0 Å². The summed E-state index contributed by atoms with van der Waals surface area (Å²) in [5, 5.41) is 11.4. The normalized spacial score (nSPS) is 12.2. The largest absolute Gasteiger partial charge is 0.444 e. The number of amides is 1. The molecule has 0 saturated carbocycles. The molecule has 0 aliphatic rings.